The molecule has 8 nitrogen and oxygen atoms in total. The van der Waals surface area contributed by atoms with Crippen molar-refractivity contribution in [2.24, 2.45) is 0 Å². The van der Waals surface area contributed by atoms with Crippen LogP contribution in [-0.2, 0) is 4.79 Å². The molecule has 0 heterocycles. The molecule has 0 unspecified atom stereocenters. The van der Waals surface area contributed by atoms with Crippen molar-refractivity contribution in [3.63, 3.8) is 0 Å². The Morgan fingerprint density at radius 3 is 2.17 bits per heavy atom. The maximum atomic E-state index is 12.4. The van der Waals surface area contributed by atoms with Gasteiger partial charge in [-0.2, -0.15) is 0 Å². The predicted molar refractivity (Wildman–Crippen MR) is 110 cm³/mol. The normalized spacial score (nSPS) is 12.6. The van der Waals surface area contributed by atoms with Crippen molar-refractivity contribution in [3.05, 3.63) is 54.1 Å². The van der Waals surface area contributed by atoms with Crippen molar-refractivity contribution in [3.8, 4) is 5.75 Å². The van der Waals surface area contributed by atoms with Crippen LogP contribution in [0.5, 0.6) is 5.75 Å². The van der Waals surface area contributed by atoms with Gasteiger partial charge in [-0.15, -0.1) is 0 Å². The average molecular weight is 396 g/mol. The van der Waals surface area contributed by atoms with Crippen LogP contribution in [-0.4, -0.2) is 37.0 Å². The number of amides is 4. The molecule has 0 aliphatic heterocycles. The molecule has 0 bridgehead atoms. The number of hydrogen-bond acceptors (Lipinski definition) is 4. The smallest absolute Gasteiger partial charge is 0.319 e. The molecule has 4 N–H and O–H groups in total. The Kier molecular flexibility index (Phi) is 6.67. The van der Waals surface area contributed by atoms with Crippen LogP contribution in [0, 0.1) is 0 Å². The zero-order valence-corrected chi connectivity index (χ0v) is 16.2. The molecule has 0 atom stereocenters. The van der Waals surface area contributed by atoms with Crippen LogP contribution in [0.4, 0.5) is 16.2 Å². The van der Waals surface area contributed by atoms with Gasteiger partial charge in [-0.05, 0) is 68.3 Å². The first kappa shape index (κ1) is 20.2. The number of hydrogen-bond donors (Lipinski definition) is 4. The fourth-order valence-electron chi connectivity index (χ4n) is 2.52. The number of carbonyl (C=O) groups is 3. The predicted octanol–water partition coefficient (Wildman–Crippen LogP) is 2.74. The SMILES string of the molecule is CCNC(=O)COc1ccc(NC(=O)c2ccc(NC(=O)NC3CC3)cc2)cc1. The minimum Gasteiger partial charge on any atom is -0.484 e. The summed E-state index contributed by atoms with van der Waals surface area (Å²) in [5.41, 5.74) is 1.69. The molecule has 0 radical (unpaired) electrons. The summed E-state index contributed by atoms with van der Waals surface area (Å²) in [5, 5.41) is 11.0. The van der Waals surface area contributed by atoms with E-state index in [2.05, 4.69) is 21.3 Å². The van der Waals surface area contributed by atoms with E-state index in [0.29, 0.717) is 29.2 Å². The van der Waals surface area contributed by atoms with E-state index in [1.165, 1.54) is 0 Å². The molecule has 2 aromatic rings. The highest BCUT2D eigenvalue weighted by Crippen LogP contribution is 2.19. The summed E-state index contributed by atoms with van der Waals surface area (Å²) in [6.45, 7) is 2.34. The Morgan fingerprint density at radius 1 is 0.931 bits per heavy atom. The number of nitrogens with one attached hydrogen (secondary N) is 4. The van der Waals surface area contributed by atoms with E-state index < -0.39 is 0 Å². The van der Waals surface area contributed by atoms with E-state index >= 15 is 0 Å². The molecule has 8 heteroatoms. The van der Waals surface area contributed by atoms with Crippen LogP contribution in [0.15, 0.2) is 48.5 Å². The van der Waals surface area contributed by atoms with E-state index in [4.69, 9.17) is 4.74 Å². The number of anilines is 2. The van der Waals surface area contributed by atoms with E-state index in [1.807, 2.05) is 6.92 Å². The molecule has 152 valence electrons. The lowest BCUT2D eigenvalue weighted by atomic mass is 10.2. The van der Waals surface area contributed by atoms with Gasteiger partial charge in [0.25, 0.3) is 11.8 Å². The Bertz CT molecular complexity index is 861. The quantitative estimate of drug-likeness (QED) is 0.550. The largest absolute Gasteiger partial charge is 0.484 e. The molecule has 1 aliphatic carbocycles. The highest BCUT2D eigenvalue weighted by atomic mass is 16.5. The van der Waals surface area contributed by atoms with Gasteiger partial charge in [-0.3, -0.25) is 9.59 Å². The average Bonchev–Trinajstić information content (AvgIpc) is 3.52. The Morgan fingerprint density at radius 2 is 1.55 bits per heavy atom. The Hall–Kier alpha value is -3.55. The highest BCUT2D eigenvalue weighted by Gasteiger charge is 2.23. The summed E-state index contributed by atoms with van der Waals surface area (Å²) in [6.07, 6.45) is 2.04. The van der Waals surface area contributed by atoms with Crippen molar-refractivity contribution >= 4 is 29.2 Å². The molecule has 3 rings (SSSR count). The van der Waals surface area contributed by atoms with Gasteiger partial charge < -0.3 is 26.0 Å². The second-order valence-electron chi connectivity index (χ2n) is 6.67. The first-order valence-electron chi connectivity index (χ1n) is 9.52. The van der Waals surface area contributed by atoms with Gasteiger partial charge in [0.15, 0.2) is 6.61 Å². The standard InChI is InChI=1S/C21H24N4O4/c1-2-22-19(26)13-29-18-11-9-15(10-12-18)23-20(27)14-3-5-16(6-4-14)24-21(28)25-17-7-8-17/h3-6,9-12,17H,2,7-8,13H2,1H3,(H,22,26)(H,23,27)(H2,24,25,28). The monoisotopic (exact) mass is 396 g/mol. The van der Waals surface area contributed by atoms with Gasteiger partial charge >= 0.3 is 6.03 Å². The summed E-state index contributed by atoms with van der Waals surface area (Å²) in [6, 6.07) is 13.5. The summed E-state index contributed by atoms with van der Waals surface area (Å²) >= 11 is 0. The van der Waals surface area contributed by atoms with Crippen LogP contribution in [0.2, 0.25) is 0 Å². The van der Waals surface area contributed by atoms with Crippen molar-refractivity contribution in [1.82, 2.24) is 10.6 Å². The van der Waals surface area contributed by atoms with Crippen LogP contribution in [0.25, 0.3) is 0 Å². The third kappa shape index (κ3) is 6.53. The molecule has 0 aromatic heterocycles. The molecule has 0 spiro atoms. The maximum Gasteiger partial charge on any atom is 0.319 e. The van der Waals surface area contributed by atoms with Crippen LogP contribution in [0.1, 0.15) is 30.1 Å². The first-order valence-corrected chi connectivity index (χ1v) is 9.52. The van der Waals surface area contributed by atoms with Gasteiger partial charge in [-0.1, -0.05) is 0 Å². The van der Waals surface area contributed by atoms with Gasteiger partial charge in [0.05, 0.1) is 0 Å². The maximum absolute atomic E-state index is 12.4. The van der Waals surface area contributed by atoms with Crippen molar-refractivity contribution in [1.29, 1.82) is 0 Å². The van der Waals surface area contributed by atoms with E-state index in [1.54, 1.807) is 48.5 Å². The van der Waals surface area contributed by atoms with Gasteiger partial charge in [0.1, 0.15) is 5.75 Å². The molecule has 0 saturated heterocycles. The number of benzene rings is 2. The van der Waals surface area contributed by atoms with E-state index in [0.717, 1.165) is 12.8 Å². The molecular weight excluding hydrogens is 372 g/mol. The Labute approximate surface area is 169 Å². The van der Waals surface area contributed by atoms with Crippen molar-refractivity contribution in [2.45, 2.75) is 25.8 Å². The molecule has 4 amide bonds. The molecule has 1 saturated carbocycles. The minimum absolute atomic E-state index is 0.0569. The molecule has 1 aliphatic rings. The van der Waals surface area contributed by atoms with Gasteiger partial charge in [0.2, 0.25) is 0 Å². The van der Waals surface area contributed by atoms with Crippen molar-refractivity contribution in [2.75, 3.05) is 23.8 Å². The topological polar surface area (TPSA) is 109 Å². The summed E-state index contributed by atoms with van der Waals surface area (Å²) in [5.74, 6) is 0.0805. The second-order valence-corrected chi connectivity index (χ2v) is 6.67. The zero-order chi connectivity index (χ0) is 20.6. The number of likely N-dealkylation sites (N-methyl/N-ethyl adjacent to an activating group) is 1. The third-order valence-corrected chi connectivity index (χ3v) is 4.17. The molecule has 2 aromatic carbocycles. The van der Waals surface area contributed by atoms with Gasteiger partial charge in [-0.25, -0.2) is 4.79 Å². The summed E-state index contributed by atoms with van der Waals surface area (Å²) in [4.78, 5) is 35.5. The fraction of sp³-hybridized carbons (Fsp3) is 0.286. The second kappa shape index (κ2) is 9.59. The van der Waals surface area contributed by atoms with Crippen LogP contribution in [0.3, 0.4) is 0 Å². The number of rotatable bonds is 8. The van der Waals surface area contributed by atoms with Crippen LogP contribution < -0.4 is 26.0 Å². The lowest BCUT2D eigenvalue weighted by Crippen LogP contribution is -2.30. The lowest BCUT2D eigenvalue weighted by molar-refractivity contribution is -0.122. The molecule has 29 heavy (non-hydrogen) atoms. The minimum atomic E-state index is -0.269. The Balaban J connectivity index is 1.48. The van der Waals surface area contributed by atoms with Crippen LogP contribution >= 0.6 is 0 Å². The number of ether oxygens (including phenoxy) is 1. The number of carbonyl (C=O) groups excluding carboxylic acids is 3. The molecular formula is C21H24N4O4. The highest BCUT2D eigenvalue weighted by molar-refractivity contribution is 6.04. The third-order valence-electron chi connectivity index (χ3n) is 4.17. The zero-order valence-electron chi connectivity index (χ0n) is 16.2. The van der Waals surface area contributed by atoms with Crippen molar-refractivity contribution < 1.29 is 19.1 Å². The lowest BCUT2D eigenvalue weighted by Gasteiger charge is -2.09. The van der Waals surface area contributed by atoms with E-state index in [-0.39, 0.29) is 30.5 Å². The fourth-order valence-corrected chi connectivity index (χ4v) is 2.52. The van der Waals surface area contributed by atoms with E-state index in [9.17, 15) is 14.4 Å². The summed E-state index contributed by atoms with van der Waals surface area (Å²) in [7, 11) is 0. The molecule has 1 fully saturated rings. The van der Waals surface area contributed by atoms with Gasteiger partial charge in [0, 0.05) is 29.5 Å². The summed E-state index contributed by atoms with van der Waals surface area (Å²) < 4.78 is 5.37. The first-order chi connectivity index (χ1) is 14.0. The number of urea groups is 1.